The Morgan fingerprint density at radius 2 is 1.88 bits per heavy atom. The van der Waals surface area contributed by atoms with Gasteiger partial charge >= 0.3 is 18.1 Å². The third kappa shape index (κ3) is 7.74. The second-order valence-corrected chi connectivity index (χ2v) is 10.3. The lowest BCUT2D eigenvalue weighted by Crippen LogP contribution is -2.51. The maximum atomic E-state index is 12.9. The molecule has 3 heterocycles. The molecule has 41 heavy (non-hydrogen) atoms. The highest BCUT2D eigenvalue weighted by Gasteiger charge is 2.40. The summed E-state index contributed by atoms with van der Waals surface area (Å²) in [5, 5.41) is 4.81. The van der Waals surface area contributed by atoms with E-state index in [1.165, 1.54) is 25.3 Å². The minimum Gasteiger partial charge on any atom is -0.482 e. The van der Waals surface area contributed by atoms with E-state index in [0.29, 0.717) is 31.5 Å². The SMILES string of the molecule is Cc1ccc([C@H](Oc2ccc(C(=O)N[C@H]3CCCN(C(=O)[C@H]4COC(=O)C4)C3)nc2)[C@H](C)NC(=O)C(F)(F)F)cc1. The number of aromatic nitrogens is 1. The van der Waals surface area contributed by atoms with Crippen molar-refractivity contribution in [3.63, 3.8) is 0 Å². The number of esters is 1. The summed E-state index contributed by atoms with van der Waals surface area (Å²) in [6.07, 6.45) is -3.34. The smallest absolute Gasteiger partial charge is 0.471 e. The summed E-state index contributed by atoms with van der Waals surface area (Å²) in [5.41, 5.74) is 1.56. The van der Waals surface area contributed by atoms with Gasteiger partial charge in [-0.2, -0.15) is 13.2 Å². The van der Waals surface area contributed by atoms with Crippen LogP contribution >= 0.6 is 0 Å². The van der Waals surface area contributed by atoms with Gasteiger partial charge in [-0.15, -0.1) is 0 Å². The van der Waals surface area contributed by atoms with E-state index in [4.69, 9.17) is 9.47 Å². The number of nitrogens with zero attached hydrogens (tertiary/aromatic N) is 2. The molecule has 2 saturated heterocycles. The molecule has 0 aliphatic carbocycles. The first-order chi connectivity index (χ1) is 19.4. The van der Waals surface area contributed by atoms with Crippen LogP contribution in [0.1, 0.15) is 53.9 Å². The molecule has 0 bridgehead atoms. The van der Waals surface area contributed by atoms with Gasteiger partial charge in [-0.25, -0.2) is 4.98 Å². The van der Waals surface area contributed by atoms with Gasteiger partial charge in [0.2, 0.25) is 5.91 Å². The van der Waals surface area contributed by atoms with Crippen molar-refractivity contribution in [2.75, 3.05) is 19.7 Å². The minimum absolute atomic E-state index is 0.0585. The van der Waals surface area contributed by atoms with E-state index in [9.17, 15) is 32.3 Å². The number of benzene rings is 1. The van der Waals surface area contributed by atoms with E-state index in [0.717, 1.165) is 5.56 Å². The fraction of sp³-hybridized carbons (Fsp3) is 0.464. The highest BCUT2D eigenvalue weighted by atomic mass is 19.4. The van der Waals surface area contributed by atoms with Crippen molar-refractivity contribution in [2.45, 2.75) is 57.5 Å². The number of rotatable bonds is 8. The molecular formula is C28H31F3N4O6. The van der Waals surface area contributed by atoms with Crippen LogP contribution in [-0.2, 0) is 19.1 Å². The lowest BCUT2D eigenvalue weighted by atomic mass is 10.0. The number of likely N-dealkylation sites (tertiary alicyclic amines) is 1. The lowest BCUT2D eigenvalue weighted by molar-refractivity contribution is -0.174. The molecule has 1 aromatic carbocycles. The summed E-state index contributed by atoms with van der Waals surface area (Å²) in [6, 6.07) is 8.47. The molecule has 2 aliphatic heterocycles. The second kappa shape index (κ2) is 12.6. The molecule has 220 valence electrons. The van der Waals surface area contributed by atoms with Gasteiger partial charge in [-0.3, -0.25) is 19.2 Å². The Labute approximate surface area is 234 Å². The number of aryl methyl sites for hydroxylation is 1. The predicted octanol–water partition coefficient (Wildman–Crippen LogP) is 2.86. The monoisotopic (exact) mass is 576 g/mol. The van der Waals surface area contributed by atoms with E-state index in [2.05, 4.69) is 10.3 Å². The number of cyclic esters (lactones) is 1. The number of ether oxygens (including phenoxy) is 2. The van der Waals surface area contributed by atoms with Crippen molar-refractivity contribution in [1.29, 1.82) is 0 Å². The summed E-state index contributed by atoms with van der Waals surface area (Å²) >= 11 is 0. The normalized spacial score (nSPS) is 20.5. The number of amides is 3. The number of hydrogen-bond acceptors (Lipinski definition) is 7. The van der Waals surface area contributed by atoms with Crippen molar-refractivity contribution in [1.82, 2.24) is 20.5 Å². The molecule has 4 rings (SSSR count). The van der Waals surface area contributed by atoms with E-state index >= 15 is 0 Å². The van der Waals surface area contributed by atoms with Gasteiger partial charge in [0.05, 0.1) is 24.6 Å². The Morgan fingerprint density at radius 3 is 2.49 bits per heavy atom. The van der Waals surface area contributed by atoms with Crippen LogP contribution in [0.3, 0.4) is 0 Å². The quantitative estimate of drug-likeness (QED) is 0.463. The summed E-state index contributed by atoms with van der Waals surface area (Å²) < 4.78 is 49.4. The largest absolute Gasteiger partial charge is 0.482 e. The summed E-state index contributed by atoms with van der Waals surface area (Å²) in [7, 11) is 0. The topological polar surface area (TPSA) is 127 Å². The number of carbonyl (C=O) groups excluding carboxylic acids is 4. The molecular weight excluding hydrogens is 545 g/mol. The van der Waals surface area contributed by atoms with Crippen LogP contribution in [0.2, 0.25) is 0 Å². The van der Waals surface area contributed by atoms with Gasteiger partial charge in [-0.1, -0.05) is 29.8 Å². The van der Waals surface area contributed by atoms with Crippen LogP contribution < -0.4 is 15.4 Å². The molecule has 4 atom stereocenters. The number of piperidine rings is 1. The van der Waals surface area contributed by atoms with Crippen LogP contribution in [0.4, 0.5) is 13.2 Å². The molecule has 10 nitrogen and oxygen atoms in total. The van der Waals surface area contributed by atoms with Gasteiger partial charge in [0.1, 0.15) is 24.2 Å². The number of halogens is 3. The Balaban J connectivity index is 1.39. The summed E-state index contributed by atoms with van der Waals surface area (Å²) in [4.78, 5) is 54.3. The van der Waals surface area contributed by atoms with Crippen molar-refractivity contribution in [2.24, 2.45) is 5.92 Å². The first-order valence-electron chi connectivity index (χ1n) is 13.2. The molecule has 2 N–H and O–H groups in total. The molecule has 0 saturated carbocycles. The van der Waals surface area contributed by atoms with Crippen molar-refractivity contribution in [3.05, 3.63) is 59.4 Å². The average molecular weight is 577 g/mol. The molecule has 2 aliphatic rings. The molecule has 2 fully saturated rings. The first kappa shape index (κ1) is 29.8. The van der Waals surface area contributed by atoms with Gasteiger partial charge in [0.25, 0.3) is 5.91 Å². The van der Waals surface area contributed by atoms with Crippen LogP contribution in [0.15, 0.2) is 42.6 Å². The van der Waals surface area contributed by atoms with Gasteiger partial charge in [0.15, 0.2) is 0 Å². The number of hydrogen-bond donors (Lipinski definition) is 2. The highest BCUT2D eigenvalue weighted by molar-refractivity contribution is 5.92. The third-order valence-electron chi connectivity index (χ3n) is 6.98. The molecule has 2 aromatic rings. The van der Waals surface area contributed by atoms with E-state index < -0.39 is 42.0 Å². The fourth-order valence-corrected chi connectivity index (χ4v) is 4.79. The molecule has 0 radical (unpaired) electrons. The number of alkyl halides is 3. The lowest BCUT2D eigenvalue weighted by Gasteiger charge is -2.34. The molecule has 1 aromatic heterocycles. The molecule has 3 amide bonds. The van der Waals surface area contributed by atoms with Crippen molar-refractivity contribution < 1.29 is 41.8 Å². The zero-order valence-corrected chi connectivity index (χ0v) is 22.6. The van der Waals surface area contributed by atoms with E-state index in [-0.39, 0.29) is 36.4 Å². The Bertz CT molecular complexity index is 1270. The molecule has 0 spiro atoms. The van der Waals surface area contributed by atoms with E-state index in [1.54, 1.807) is 29.2 Å². The maximum absolute atomic E-state index is 12.9. The average Bonchev–Trinajstić information content (AvgIpc) is 3.38. The molecule has 13 heteroatoms. The second-order valence-electron chi connectivity index (χ2n) is 10.3. The van der Waals surface area contributed by atoms with Crippen molar-refractivity contribution >= 4 is 23.7 Å². The minimum atomic E-state index is -5.05. The summed E-state index contributed by atoms with van der Waals surface area (Å²) in [6.45, 7) is 4.17. The van der Waals surface area contributed by atoms with Gasteiger partial charge in [-0.05, 0) is 44.4 Å². The van der Waals surface area contributed by atoms with Gasteiger partial charge < -0.3 is 25.0 Å². The van der Waals surface area contributed by atoms with E-state index in [1.807, 2.05) is 12.2 Å². The number of carbonyl (C=O) groups is 4. The molecule has 0 unspecified atom stereocenters. The first-order valence-corrected chi connectivity index (χ1v) is 13.2. The third-order valence-corrected chi connectivity index (χ3v) is 6.98. The highest BCUT2D eigenvalue weighted by Crippen LogP contribution is 2.27. The van der Waals surface area contributed by atoms with Gasteiger partial charge in [0, 0.05) is 19.1 Å². The Kier molecular flexibility index (Phi) is 9.14. The Hall–Kier alpha value is -4.16. The van der Waals surface area contributed by atoms with Crippen LogP contribution in [0, 0.1) is 12.8 Å². The maximum Gasteiger partial charge on any atom is 0.471 e. The van der Waals surface area contributed by atoms with Crippen molar-refractivity contribution in [3.8, 4) is 5.75 Å². The zero-order valence-electron chi connectivity index (χ0n) is 22.6. The zero-order chi connectivity index (χ0) is 29.7. The van der Waals surface area contributed by atoms with Crippen LogP contribution in [0.5, 0.6) is 5.75 Å². The predicted molar refractivity (Wildman–Crippen MR) is 139 cm³/mol. The fourth-order valence-electron chi connectivity index (χ4n) is 4.79. The van der Waals surface area contributed by atoms with Crippen LogP contribution in [0.25, 0.3) is 0 Å². The van der Waals surface area contributed by atoms with Crippen LogP contribution in [-0.4, -0.2) is 71.5 Å². The number of nitrogens with one attached hydrogen (secondary N) is 2. The standard InChI is InChI=1S/C28H31F3N4O6/c1-16-5-7-18(8-6-16)24(17(2)33-27(39)28(29,30)31)41-21-9-10-22(32-13-21)25(37)34-20-4-3-11-35(14-20)26(38)19-12-23(36)40-15-19/h5-10,13,17,19-20,24H,3-4,11-12,14-15H2,1-2H3,(H,33,39)(H,34,37)/t17-,19+,20-,24+/m0/s1. The Morgan fingerprint density at radius 1 is 1.15 bits per heavy atom. The number of pyridine rings is 1. The summed E-state index contributed by atoms with van der Waals surface area (Å²) in [5.74, 6) is -3.42.